The molecule has 0 spiro atoms. The van der Waals surface area contributed by atoms with Crippen LogP contribution in [0.15, 0.2) is 24.3 Å². The van der Waals surface area contributed by atoms with E-state index in [1.54, 1.807) is 11.8 Å². The minimum Gasteiger partial charge on any atom is -0.354 e. The van der Waals surface area contributed by atoms with Crippen molar-refractivity contribution in [2.45, 2.75) is 62.7 Å². The summed E-state index contributed by atoms with van der Waals surface area (Å²) in [5.74, 6) is 1.94. The maximum Gasteiger partial charge on any atom is 0.345 e. The van der Waals surface area contributed by atoms with E-state index in [2.05, 4.69) is 18.3 Å². The molecule has 1 amide bonds. The summed E-state index contributed by atoms with van der Waals surface area (Å²) in [4.78, 5) is 26.6. The van der Waals surface area contributed by atoms with Crippen LogP contribution in [0.4, 0.5) is 26.2 Å². The van der Waals surface area contributed by atoms with Crippen molar-refractivity contribution in [1.29, 1.82) is 0 Å². The van der Waals surface area contributed by atoms with Crippen molar-refractivity contribution >= 4 is 35.1 Å². The molecule has 0 radical (unpaired) electrons. The van der Waals surface area contributed by atoms with E-state index in [0.717, 1.165) is 60.7 Å². The first-order valence-corrected chi connectivity index (χ1v) is 13.4. The molecule has 1 fully saturated rings. The molecule has 1 aromatic heterocycles. The number of para-hydroxylation sites is 1. The number of hydrogen-bond donors (Lipinski definition) is 1. The summed E-state index contributed by atoms with van der Waals surface area (Å²) in [6.45, 7) is 1.21. The maximum absolute atomic E-state index is 13.2. The van der Waals surface area contributed by atoms with Gasteiger partial charge in [0.25, 0.3) is 0 Å². The SMILES string of the molecule is CC1SCc2c1nc(NCC(=O)N1CCCCc3ccccc31)nc2N1CCC[C@@H](OC(F)F)C1. The largest absolute Gasteiger partial charge is 0.354 e. The van der Waals surface area contributed by atoms with Gasteiger partial charge >= 0.3 is 6.61 Å². The summed E-state index contributed by atoms with van der Waals surface area (Å²) in [6.07, 6.45) is 3.84. The minimum atomic E-state index is -2.78. The molecule has 3 aliphatic heterocycles. The van der Waals surface area contributed by atoms with Gasteiger partial charge in [0, 0.05) is 41.9 Å². The van der Waals surface area contributed by atoms with E-state index in [4.69, 9.17) is 14.7 Å². The van der Waals surface area contributed by atoms with E-state index in [1.807, 2.05) is 28.0 Å². The lowest BCUT2D eigenvalue weighted by Gasteiger charge is -2.34. The fourth-order valence-electron chi connectivity index (χ4n) is 5.18. The molecule has 4 heterocycles. The van der Waals surface area contributed by atoms with Crippen molar-refractivity contribution < 1.29 is 18.3 Å². The number of aromatic nitrogens is 2. The van der Waals surface area contributed by atoms with Gasteiger partial charge in [0.2, 0.25) is 11.9 Å². The first kappa shape index (κ1) is 24.2. The number of thioether (sulfide) groups is 1. The Morgan fingerprint density at radius 3 is 2.94 bits per heavy atom. The van der Waals surface area contributed by atoms with Gasteiger partial charge in [-0.3, -0.25) is 4.79 Å². The highest BCUT2D eigenvalue weighted by Gasteiger charge is 2.31. The number of halogens is 2. The number of benzene rings is 1. The van der Waals surface area contributed by atoms with Crippen LogP contribution in [-0.4, -0.2) is 54.8 Å². The van der Waals surface area contributed by atoms with Crippen molar-refractivity contribution in [3.8, 4) is 0 Å². The highest BCUT2D eigenvalue weighted by Crippen LogP contribution is 2.44. The second kappa shape index (κ2) is 10.7. The van der Waals surface area contributed by atoms with Gasteiger partial charge in [-0.15, -0.1) is 11.8 Å². The van der Waals surface area contributed by atoms with Crippen LogP contribution in [0.3, 0.4) is 0 Å². The fraction of sp³-hybridized carbons (Fsp3) is 0.560. The number of carbonyl (C=O) groups is 1. The van der Waals surface area contributed by atoms with E-state index in [9.17, 15) is 13.6 Å². The van der Waals surface area contributed by atoms with Crippen molar-refractivity contribution in [1.82, 2.24) is 9.97 Å². The quantitative estimate of drug-likeness (QED) is 0.609. The summed E-state index contributed by atoms with van der Waals surface area (Å²) in [6, 6.07) is 8.08. The number of nitrogens with zero attached hydrogens (tertiary/aromatic N) is 4. The molecule has 1 unspecified atom stereocenters. The third kappa shape index (κ3) is 5.38. The smallest absolute Gasteiger partial charge is 0.345 e. The summed E-state index contributed by atoms with van der Waals surface area (Å²) in [5.41, 5.74) is 4.19. The Hall–Kier alpha value is -2.46. The van der Waals surface area contributed by atoms with Crippen LogP contribution in [0, 0.1) is 0 Å². The zero-order valence-corrected chi connectivity index (χ0v) is 20.7. The number of piperidine rings is 1. The number of carbonyl (C=O) groups excluding carboxylic acids is 1. The number of hydrogen-bond acceptors (Lipinski definition) is 7. The van der Waals surface area contributed by atoms with Crippen LogP contribution in [0.5, 0.6) is 0 Å². The highest BCUT2D eigenvalue weighted by atomic mass is 32.2. The van der Waals surface area contributed by atoms with Gasteiger partial charge in [0.1, 0.15) is 5.82 Å². The van der Waals surface area contributed by atoms with Gasteiger partial charge < -0.3 is 19.9 Å². The fourth-order valence-corrected chi connectivity index (χ4v) is 6.23. The second-order valence-electron chi connectivity index (χ2n) is 9.28. The number of rotatable bonds is 6. The molecular formula is C25H31F2N5O2S. The van der Waals surface area contributed by atoms with Crippen molar-refractivity contribution in [3.05, 3.63) is 41.1 Å². The molecule has 35 heavy (non-hydrogen) atoms. The lowest BCUT2D eigenvalue weighted by Crippen LogP contribution is -2.41. The standard InChI is InChI=1S/C25H31F2N5O2S/c1-16-22-19(15-35-16)23(31-11-6-9-18(14-31)34-24(26)27)30-25(29-22)28-13-21(33)32-12-5-4-8-17-7-2-3-10-20(17)32/h2-3,7,10,16,18,24H,4-6,8-9,11-15H2,1H3,(H,28,29,30)/t16?,18-/m1/s1. The highest BCUT2D eigenvalue weighted by molar-refractivity contribution is 7.99. The first-order valence-electron chi connectivity index (χ1n) is 12.3. The molecule has 7 nitrogen and oxygen atoms in total. The number of nitrogens with one attached hydrogen (secondary N) is 1. The van der Waals surface area contributed by atoms with Crippen LogP contribution in [0.25, 0.3) is 0 Å². The number of anilines is 3. The molecule has 0 bridgehead atoms. The summed E-state index contributed by atoms with van der Waals surface area (Å²) >= 11 is 1.78. The van der Waals surface area contributed by atoms with Crippen LogP contribution in [0.2, 0.25) is 0 Å². The number of ether oxygens (including phenoxy) is 1. The minimum absolute atomic E-state index is 0.0178. The Labute approximate surface area is 208 Å². The predicted octanol–water partition coefficient (Wildman–Crippen LogP) is 4.77. The van der Waals surface area contributed by atoms with Gasteiger partial charge in [-0.05, 0) is 50.7 Å². The molecule has 2 aromatic rings. The molecule has 1 aromatic carbocycles. The third-order valence-corrected chi connectivity index (χ3v) is 8.09. The van der Waals surface area contributed by atoms with Gasteiger partial charge in [-0.25, -0.2) is 4.98 Å². The Balaban J connectivity index is 1.34. The monoisotopic (exact) mass is 503 g/mol. The van der Waals surface area contributed by atoms with E-state index < -0.39 is 12.7 Å². The molecule has 10 heteroatoms. The van der Waals surface area contributed by atoms with E-state index in [1.165, 1.54) is 5.56 Å². The molecule has 1 saturated heterocycles. The second-order valence-corrected chi connectivity index (χ2v) is 10.6. The predicted molar refractivity (Wildman–Crippen MR) is 134 cm³/mol. The Morgan fingerprint density at radius 2 is 2.09 bits per heavy atom. The molecule has 0 aliphatic carbocycles. The van der Waals surface area contributed by atoms with Crippen LogP contribution in [0.1, 0.15) is 54.7 Å². The summed E-state index contributed by atoms with van der Waals surface area (Å²) < 4.78 is 30.4. The van der Waals surface area contributed by atoms with E-state index in [-0.39, 0.29) is 17.7 Å². The molecular weight excluding hydrogens is 472 g/mol. The van der Waals surface area contributed by atoms with Crippen molar-refractivity contribution in [2.75, 3.05) is 41.3 Å². The lowest BCUT2D eigenvalue weighted by atomic mass is 10.1. The first-order chi connectivity index (χ1) is 17.0. The number of fused-ring (bicyclic) bond motifs is 2. The Kier molecular flexibility index (Phi) is 7.38. The van der Waals surface area contributed by atoms with Crippen LogP contribution >= 0.6 is 11.8 Å². The van der Waals surface area contributed by atoms with Crippen molar-refractivity contribution in [3.63, 3.8) is 0 Å². The average molecular weight is 504 g/mol. The summed E-state index contributed by atoms with van der Waals surface area (Å²) in [5, 5.41) is 3.37. The van der Waals surface area contributed by atoms with Gasteiger partial charge in [-0.1, -0.05) is 18.2 Å². The molecule has 5 rings (SSSR count). The van der Waals surface area contributed by atoms with Gasteiger partial charge in [-0.2, -0.15) is 13.8 Å². The lowest BCUT2D eigenvalue weighted by molar-refractivity contribution is -0.163. The molecule has 2 atom stereocenters. The van der Waals surface area contributed by atoms with Gasteiger partial charge in [0.15, 0.2) is 0 Å². The Bertz CT molecular complexity index is 1070. The molecule has 1 N–H and O–H groups in total. The zero-order valence-electron chi connectivity index (χ0n) is 19.9. The number of amides is 1. The van der Waals surface area contributed by atoms with Crippen LogP contribution < -0.4 is 15.1 Å². The van der Waals surface area contributed by atoms with E-state index in [0.29, 0.717) is 25.5 Å². The van der Waals surface area contributed by atoms with Gasteiger partial charge in [0.05, 0.1) is 18.3 Å². The Morgan fingerprint density at radius 1 is 1.23 bits per heavy atom. The van der Waals surface area contributed by atoms with E-state index >= 15 is 0 Å². The average Bonchev–Trinajstić information content (AvgIpc) is 3.09. The topological polar surface area (TPSA) is 70.6 Å². The summed E-state index contributed by atoms with van der Waals surface area (Å²) in [7, 11) is 0. The molecule has 188 valence electrons. The number of alkyl halides is 2. The van der Waals surface area contributed by atoms with Crippen LogP contribution in [-0.2, 0) is 21.7 Å². The third-order valence-electron chi connectivity index (χ3n) is 6.91. The number of aryl methyl sites for hydroxylation is 1. The molecule has 0 saturated carbocycles. The van der Waals surface area contributed by atoms with Crippen molar-refractivity contribution in [2.24, 2.45) is 0 Å². The normalized spacial score (nSPS) is 22.1. The maximum atomic E-state index is 13.2. The molecule has 3 aliphatic rings. The zero-order chi connectivity index (χ0) is 24.4.